The van der Waals surface area contributed by atoms with E-state index in [1.165, 1.54) is 0 Å². The largest absolute Gasteiger partial charge is 0.444 e. The molecule has 3 rings (SSSR count). The minimum atomic E-state index is -1.08. The molecule has 1 aromatic carbocycles. The van der Waals surface area contributed by atoms with Crippen LogP contribution in [0.15, 0.2) is 36.7 Å². The summed E-state index contributed by atoms with van der Waals surface area (Å²) in [5, 5.41) is 0. The average Bonchev–Trinajstić information content (AvgIpc) is 3.18. The Morgan fingerprint density at radius 1 is 1.06 bits per heavy atom. The Kier molecular flexibility index (Phi) is 7.66. The Morgan fingerprint density at radius 3 is 2.31 bits per heavy atom. The van der Waals surface area contributed by atoms with Crippen molar-refractivity contribution in [2.45, 2.75) is 58.8 Å². The first-order valence-corrected chi connectivity index (χ1v) is 15.1. The summed E-state index contributed by atoms with van der Waals surface area (Å²) in [5.41, 5.74) is 1.76. The number of rotatable bonds is 7. The lowest BCUT2D eigenvalue weighted by molar-refractivity contribution is 0.0240. The zero-order chi connectivity index (χ0) is 23.4. The summed E-state index contributed by atoms with van der Waals surface area (Å²) in [7, 11) is -1.08. The number of aromatic nitrogens is 2. The van der Waals surface area contributed by atoms with Crippen LogP contribution in [-0.2, 0) is 16.2 Å². The van der Waals surface area contributed by atoms with Gasteiger partial charge in [0.15, 0.2) is 0 Å². The molecule has 0 aliphatic carbocycles. The van der Waals surface area contributed by atoms with E-state index in [2.05, 4.69) is 58.4 Å². The predicted octanol–water partition coefficient (Wildman–Crippen LogP) is 4.92. The molecule has 0 bridgehead atoms. The molecule has 2 heterocycles. The Bertz CT molecular complexity index is 876. The van der Waals surface area contributed by atoms with Crippen molar-refractivity contribution in [2.75, 3.05) is 37.7 Å². The smallest absolute Gasteiger partial charge is 0.410 e. The SMILES string of the molecule is CC(C)(C)OC(=O)N1CCN(c2ccc(-c3nccn3COCC[Si](C)(C)C)cc2)CC1. The van der Waals surface area contributed by atoms with Crippen molar-refractivity contribution in [3.05, 3.63) is 36.7 Å². The van der Waals surface area contributed by atoms with Gasteiger partial charge in [-0.1, -0.05) is 19.6 Å². The van der Waals surface area contributed by atoms with Gasteiger partial charge in [0.05, 0.1) is 0 Å². The Morgan fingerprint density at radius 2 is 1.72 bits per heavy atom. The number of hydrogen-bond acceptors (Lipinski definition) is 5. The van der Waals surface area contributed by atoms with Crippen LogP contribution in [0.25, 0.3) is 11.4 Å². The van der Waals surface area contributed by atoms with Crippen molar-refractivity contribution in [1.29, 1.82) is 0 Å². The lowest BCUT2D eigenvalue weighted by Crippen LogP contribution is -2.50. The van der Waals surface area contributed by atoms with Gasteiger partial charge in [-0.2, -0.15) is 0 Å². The minimum Gasteiger partial charge on any atom is -0.444 e. The maximum Gasteiger partial charge on any atom is 0.410 e. The Hall–Kier alpha value is -2.32. The fourth-order valence-corrected chi connectivity index (χ4v) is 4.27. The molecule has 1 saturated heterocycles. The third-order valence-corrected chi connectivity index (χ3v) is 7.07. The molecule has 2 aromatic rings. The van der Waals surface area contributed by atoms with Crippen molar-refractivity contribution >= 4 is 19.9 Å². The number of amides is 1. The summed E-state index contributed by atoms with van der Waals surface area (Å²) in [6.45, 7) is 17.0. The molecule has 1 aliphatic rings. The van der Waals surface area contributed by atoms with Gasteiger partial charge in [0.25, 0.3) is 0 Å². The normalized spacial score (nSPS) is 15.2. The lowest BCUT2D eigenvalue weighted by atomic mass is 10.1. The van der Waals surface area contributed by atoms with Crippen LogP contribution in [0.2, 0.25) is 25.7 Å². The van der Waals surface area contributed by atoms with E-state index in [0.29, 0.717) is 19.8 Å². The maximum absolute atomic E-state index is 12.3. The molecule has 1 aliphatic heterocycles. The van der Waals surface area contributed by atoms with Crippen LogP contribution >= 0.6 is 0 Å². The van der Waals surface area contributed by atoms with Crippen molar-refractivity contribution in [1.82, 2.24) is 14.5 Å². The zero-order valence-corrected chi connectivity index (χ0v) is 21.4. The van der Waals surface area contributed by atoms with Gasteiger partial charge in [-0.15, -0.1) is 0 Å². The number of hydrogen-bond donors (Lipinski definition) is 0. The van der Waals surface area contributed by atoms with Crippen molar-refractivity contribution in [2.24, 2.45) is 0 Å². The van der Waals surface area contributed by atoms with Crippen LogP contribution < -0.4 is 4.90 Å². The van der Waals surface area contributed by atoms with Crippen LogP contribution in [-0.4, -0.2) is 67.0 Å². The maximum atomic E-state index is 12.3. The standard InChI is InChI=1S/C24H38N4O3Si/c1-24(2,3)31-23(29)27-15-13-26(14-16-27)21-9-7-20(8-10-21)22-25-11-12-28(22)19-30-17-18-32(4,5)6/h7-12H,13-19H2,1-6H3. The molecule has 1 aromatic heterocycles. The average molecular weight is 459 g/mol. The molecular formula is C24H38N4O3Si. The first kappa shape index (κ1) is 24.3. The van der Waals surface area contributed by atoms with E-state index in [-0.39, 0.29) is 6.09 Å². The summed E-state index contributed by atoms with van der Waals surface area (Å²) >= 11 is 0. The highest BCUT2D eigenvalue weighted by Crippen LogP contribution is 2.24. The van der Waals surface area contributed by atoms with E-state index in [4.69, 9.17) is 9.47 Å². The topological polar surface area (TPSA) is 59.8 Å². The molecule has 0 unspecified atom stereocenters. The van der Waals surface area contributed by atoms with Crippen LogP contribution in [0.5, 0.6) is 0 Å². The summed E-state index contributed by atoms with van der Waals surface area (Å²) in [6, 6.07) is 9.63. The van der Waals surface area contributed by atoms with Gasteiger partial charge in [-0.05, 0) is 51.1 Å². The third-order valence-electron chi connectivity index (χ3n) is 5.36. The first-order valence-electron chi connectivity index (χ1n) is 11.4. The van der Waals surface area contributed by atoms with Crippen LogP contribution in [0.4, 0.5) is 10.5 Å². The Balaban J connectivity index is 1.54. The number of carbonyl (C=O) groups is 1. The van der Waals surface area contributed by atoms with Gasteiger partial charge in [0.1, 0.15) is 18.2 Å². The number of imidazole rings is 1. The molecule has 7 nitrogen and oxygen atoms in total. The van der Waals surface area contributed by atoms with Gasteiger partial charge in [0, 0.05) is 64.5 Å². The number of benzene rings is 1. The quantitative estimate of drug-likeness (QED) is 0.435. The Labute approximate surface area is 193 Å². The second-order valence-electron chi connectivity index (χ2n) is 10.6. The summed E-state index contributed by atoms with van der Waals surface area (Å²) in [4.78, 5) is 20.9. The van der Waals surface area contributed by atoms with Crippen LogP contribution in [0, 0.1) is 0 Å². The molecule has 1 amide bonds. The molecule has 0 N–H and O–H groups in total. The number of piperazine rings is 1. The van der Waals surface area contributed by atoms with Gasteiger partial charge in [-0.25, -0.2) is 9.78 Å². The highest BCUT2D eigenvalue weighted by Gasteiger charge is 2.26. The number of carbonyl (C=O) groups excluding carboxylic acids is 1. The first-order chi connectivity index (χ1) is 15.0. The van der Waals surface area contributed by atoms with E-state index in [9.17, 15) is 4.79 Å². The molecule has 0 spiro atoms. The van der Waals surface area contributed by atoms with E-state index in [1.807, 2.05) is 33.2 Å². The van der Waals surface area contributed by atoms with E-state index < -0.39 is 13.7 Å². The van der Waals surface area contributed by atoms with Gasteiger partial charge in [-0.3, -0.25) is 0 Å². The van der Waals surface area contributed by atoms with Crippen LogP contribution in [0.1, 0.15) is 20.8 Å². The van der Waals surface area contributed by atoms with Gasteiger partial charge >= 0.3 is 6.09 Å². The highest BCUT2D eigenvalue weighted by molar-refractivity contribution is 6.76. The number of nitrogens with zero attached hydrogens (tertiary/aromatic N) is 4. The highest BCUT2D eigenvalue weighted by atomic mass is 28.3. The van der Waals surface area contributed by atoms with Crippen LogP contribution in [0.3, 0.4) is 0 Å². The van der Waals surface area contributed by atoms with E-state index >= 15 is 0 Å². The zero-order valence-electron chi connectivity index (χ0n) is 20.4. The fraction of sp³-hybridized carbons (Fsp3) is 0.583. The molecule has 0 radical (unpaired) electrons. The number of anilines is 1. The fourth-order valence-electron chi connectivity index (χ4n) is 3.51. The lowest BCUT2D eigenvalue weighted by Gasteiger charge is -2.36. The summed E-state index contributed by atoms with van der Waals surface area (Å²) in [5.74, 6) is 0.916. The molecule has 1 fully saturated rings. The molecule has 32 heavy (non-hydrogen) atoms. The van der Waals surface area contributed by atoms with Crippen molar-refractivity contribution in [3.8, 4) is 11.4 Å². The monoisotopic (exact) mass is 458 g/mol. The minimum absolute atomic E-state index is 0.230. The summed E-state index contributed by atoms with van der Waals surface area (Å²) in [6.07, 6.45) is 3.56. The molecule has 176 valence electrons. The van der Waals surface area contributed by atoms with Crippen molar-refractivity contribution < 1.29 is 14.3 Å². The summed E-state index contributed by atoms with van der Waals surface area (Å²) < 4.78 is 13.4. The molecule has 0 saturated carbocycles. The number of ether oxygens (including phenoxy) is 2. The molecule has 0 atom stereocenters. The van der Waals surface area contributed by atoms with E-state index in [1.54, 1.807) is 4.90 Å². The third kappa shape index (κ3) is 7.10. The predicted molar refractivity (Wildman–Crippen MR) is 132 cm³/mol. The van der Waals surface area contributed by atoms with Crippen molar-refractivity contribution in [3.63, 3.8) is 0 Å². The van der Waals surface area contributed by atoms with E-state index in [0.717, 1.165) is 42.8 Å². The molecular weight excluding hydrogens is 420 g/mol. The molecule has 8 heteroatoms. The second kappa shape index (κ2) is 10.1. The van der Waals surface area contributed by atoms with Gasteiger partial charge in [0.2, 0.25) is 0 Å². The second-order valence-corrected chi connectivity index (χ2v) is 16.2. The van der Waals surface area contributed by atoms with Gasteiger partial charge < -0.3 is 23.8 Å².